The van der Waals surface area contributed by atoms with Crippen molar-refractivity contribution in [3.8, 4) is 11.4 Å². The van der Waals surface area contributed by atoms with Gasteiger partial charge in [0.25, 0.3) is 0 Å². The quantitative estimate of drug-likeness (QED) is 0.521. The smallest absolute Gasteiger partial charge is 0.338 e. The predicted molar refractivity (Wildman–Crippen MR) is 79.8 cm³/mol. The van der Waals surface area contributed by atoms with Crippen LogP contribution in [0.1, 0.15) is 5.56 Å². The summed E-state index contributed by atoms with van der Waals surface area (Å²) in [6.45, 7) is 0. The minimum Gasteiger partial charge on any atom is -0.338 e. The monoisotopic (exact) mass is 424 g/mol. The fourth-order valence-corrected chi connectivity index (χ4v) is 4.62. The molecule has 3 rings (SSSR count). The van der Waals surface area contributed by atoms with Gasteiger partial charge >= 0.3 is 6.18 Å². The van der Waals surface area contributed by atoms with Crippen molar-refractivity contribution in [3.63, 3.8) is 0 Å². The summed E-state index contributed by atoms with van der Waals surface area (Å²) >= 11 is 8.24. The number of rotatable bonds is 1. The Hall–Kier alpha value is -0.860. The Kier molecular flexibility index (Phi) is 3.42. The summed E-state index contributed by atoms with van der Waals surface area (Å²) in [5, 5.41) is 0. The third kappa shape index (κ3) is 2.51. The maximum Gasteiger partial charge on any atom is 0.416 e. The van der Waals surface area contributed by atoms with Gasteiger partial charge in [-0.25, -0.2) is 4.98 Å². The topological polar surface area (TPSA) is 28.7 Å². The van der Waals surface area contributed by atoms with Crippen LogP contribution >= 0.6 is 43.2 Å². The fourth-order valence-electron chi connectivity index (χ4n) is 1.82. The van der Waals surface area contributed by atoms with Crippen LogP contribution in [0.2, 0.25) is 0 Å². The number of fused-ring (bicyclic) bond motifs is 1. The highest BCUT2D eigenvalue weighted by molar-refractivity contribution is 9.12. The Morgan fingerprint density at radius 2 is 1.90 bits per heavy atom. The first-order chi connectivity index (χ1) is 9.34. The average Bonchev–Trinajstić information content (AvgIpc) is 2.89. The van der Waals surface area contributed by atoms with E-state index in [-0.39, 0.29) is 0 Å². The standard InChI is InChI=1S/C12H5Br2F3N2S/c13-9-4-6(10(14)20-9)11-18-7-2-1-5(12(15,16)17)3-8(7)19-11/h1-4H,(H,18,19). The van der Waals surface area contributed by atoms with E-state index >= 15 is 0 Å². The van der Waals surface area contributed by atoms with Crippen molar-refractivity contribution in [3.05, 3.63) is 37.4 Å². The number of H-pyrrole nitrogens is 1. The van der Waals surface area contributed by atoms with Crippen molar-refractivity contribution < 1.29 is 13.2 Å². The molecule has 0 aliphatic heterocycles. The van der Waals surface area contributed by atoms with Crippen LogP contribution in [0.15, 0.2) is 31.8 Å². The van der Waals surface area contributed by atoms with Crippen molar-refractivity contribution in [1.29, 1.82) is 0 Å². The summed E-state index contributed by atoms with van der Waals surface area (Å²) in [6, 6.07) is 5.33. The van der Waals surface area contributed by atoms with E-state index < -0.39 is 11.7 Å². The number of alkyl halides is 3. The molecule has 8 heteroatoms. The highest BCUT2D eigenvalue weighted by Crippen LogP contribution is 2.38. The zero-order chi connectivity index (χ0) is 14.5. The third-order valence-corrected chi connectivity index (χ3v) is 5.06. The Labute approximate surface area is 132 Å². The maximum absolute atomic E-state index is 12.7. The van der Waals surface area contributed by atoms with Gasteiger partial charge in [-0.2, -0.15) is 13.2 Å². The molecule has 0 unspecified atom stereocenters. The molecular formula is C12H5Br2F3N2S. The molecule has 0 aliphatic carbocycles. The number of imidazole rings is 1. The van der Waals surface area contributed by atoms with E-state index in [1.807, 2.05) is 6.07 Å². The van der Waals surface area contributed by atoms with Crippen LogP contribution < -0.4 is 0 Å². The van der Waals surface area contributed by atoms with E-state index in [9.17, 15) is 13.2 Å². The van der Waals surface area contributed by atoms with Crippen molar-refractivity contribution >= 4 is 54.2 Å². The molecule has 0 amide bonds. The van der Waals surface area contributed by atoms with Crippen molar-refractivity contribution in [2.75, 3.05) is 0 Å². The van der Waals surface area contributed by atoms with Gasteiger partial charge in [-0.3, -0.25) is 0 Å². The van der Waals surface area contributed by atoms with Crippen LogP contribution in [0.25, 0.3) is 22.4 Å². The van der Waals surface area contributed by atoms with Crippen LogP contribution in [0.4, 0.5) is 13.2 Å². The summed E-state index contributed by atoms with van der Waals surface area (Å²) in [5.74, 6) is 0.535. The van der Waals surface area contributed by atoms with Gasteiger partial charge in [-0.1, -0.05) is 0 Å². The molecule has 1 N–H and O–H groups in total. The van der Waals surface area contributed by atoms with E-state index in [1.165, 1.54) is 17.4 Å². The zero-order valence-corrected chi connectivity index (χ0v) is 13.5. The number of aromatic amines is 1. The van der Waals surface area contributed by atoms with Gasteiger partial charge in [0, 0.05) is 5.56 Å². The second kappa shape index (κ2) is 4.85. The second-order valence-electron chi connectivity index (χ2n) is 4.05. The van der Waals surface area contributed by atoms with Gasteiger partial charge in [0.1, 0.15) is 5.82 Å². The lowest BCUT2D eigenvalue weighted by molar-refractivity contribution is -0.137. The number of aromatic nitrogens is 2. The van der Waals surface area contributed by atoms with Gasteiger partial charge in [0.15, 0.2) is 0 Å². The van der Waals surface area contributed by atoms with Crippen molar-refractivity contribution in [2.45, 2.75) is 6.18 Å². The lowest BCUT2D eigenvalue weighted by Crippen LogP contribution is -2.04. The van der Waals surface area contributed by atoms with E-state index in [0.717, 1.165) is 25.3 Å². The van der Waals surface area contributed by atoms with E-state index in [2.05, 4.69) is 41.8 Å². The molecule has 0 aliphatic rings. The van der Waals surface area contributed by atoms with Crippen LogP contribution in [-0.2, 0) is 6.18 Å². The molecular weight excluding hydrogens is 421 g/mol. The molecule has 2 nitrogen and oxygen atoms in total. The number of thiophene rings is 1. The first kappa shape index (κ1) is 14.1. The Balaban J connectivity index is 2.14. The van der Waals surface area contributed by atoms with E-state index in [0.29, 0.717) is 16.9 Å². The Morgan fingerprint density at radius 1 is 1.15 bits per heavy atom. The Bertz CT molecular complexity index is 792. The number of hydrogen-bond donors (Lipinski definition) is 1. The molecule has 0 saturated heterocycles. The molecule has 2 aromatic heterocycles. The van der Waals surface area contributed by atoms with Gasteiger partial charge in [0.05, 0.1) is 24.2 Å². The number of benzene rings is 1. The molecule has 0 bridgehead atoms. The lowest BCUT2D eigenvalue weighted by atomic mass is 10.2. The highest BCUT2D eigenvalue weighted by Gasteiger charge is 2.30. The number of nitrogens with one attached hydrogen (secondary N) is 1. The molecule has 20 heavy (non-hydrogen) atoms. The van der Waals surface area contributed by atoms with Crippen molar-refractivity contribution in [2.24, 2.45) is 0 Å². The summed E-state index contributed by atoms with van der Waals surface area (Å²) in [6.07, 6.45) is -4.36. The van der Waals surface area contributed by atoms with Gasteiger partial charge < -0.3 is 4.98 Å². The van der Waals surface area contributed by atoms with Crippen LogP contribution in [0.3, 0.4) is 0 Å². The molecule has 104 valence electrons. The molecule has 3 aromatic rings. The van der Waals surface area contributed by atoms with Crippen LogP contribution in [0.5, 0.6) is 0 Å². The molecule has 2 heterocycles. The van der Waals surface area contributed by atoms with E-state index in [4.69, 9.17) is 0 Å². The first-order valence-corrected chi connectivity index (χ1v) is 7.77. The minimum absolute atomic E-state index is 0.365. The lowest BCUT2D eigenvalue weighted by Gasteiger charge is -2.05. The molecule has 0 spiro atoms. The maximum atomic E-state index is 12.7. The summed E-state index contributed by atoms with van der Waals surface area (Å²) in [7, 11) is 0. The Morgan fingerprint density at radius 3 is 2.50 bits per heavy atom. The summed E-state index contributed by atoms with van der Waals surface area (Å²) < 4.78 is 39.8. The average molecular weight is 426 g/mol. The molecule has 0 saturated carbocycles. The van der Waals surface area contributed by atoms with Crippen LogP contribution in [-0.4, -0.2) is 9.97 Å². The number of halogens is 5. The largest absolute Gasteiger partial charge is 0.416 e. The van der Waals surface area contributed by atoms with Crippen molar-refractivity contribution in [1.82, 2.24) is 9.97 Å². The molecule has 0 radical (unpaired) electrons. The second-order valence-corrected chi connectivity index (χ2v) is 7.80. The normalized spacial score (nSPS) is 12.2. The van der Waals surface area contributed by atoms with Gasteiger partial charge in [-0.15, -0.1) is 11.3 Å². The predicted octanol–water partition coefficient (Wildman–Crippen LogP) is 5.84. The number of hydrogen-bond acceptors (Lipinski definition) is 2. The van der Waals surface area contributed by atoms with Crippen LogP contribution in [0, 0.1) is 0 Å². The minimum atomic E-state index is -4.36. The molecule has 0 atom stereocenters. The molecule has 0 fully saturated rings. The fraction of sp³-hybridized carbons (Fsp3) is 0.0833. The highest BCUT2D eigenvalue weighted by atomic mass is 79.9. The van der Waals surface area contributed by atoms with E-state index in [1.54, 1.807) is 0 Å². The zero-order valence-electron chi connectivity index (χ0n) is 9.55. The first-order valence-electron chi connectivity index (χ1n) is 5.37. The van der Waals surface area contributed by atoms with Gasteiger partial charge in [0.2, 0.25) is 0 Å². The molecule has 1 aromatic carbocycles. The summed E-state index contributed by atoms with van der Waals surface area (Å²) in [5.41, 5.74) is 0.990. The summed E-state index contributed by atoms with van der Waals surface area (Å²) in [4.78, 5) is 7.24. The van der Waals surface area contributed by atoms with Gasteiger partial charge in [-0.05, 0) is 56.1 Å². The third-order valence-electron chi connectivity index (χ3n) is 2.72. The number of nitrogens with zero attached hydrogens (tertiary/aromatic N) is 1. The SMILES string of the molecule is FC(F)(F)c1ccc2nc(-c3cc(Br)sc3Br)[nH]c2c1.